The molecule has 0 radical (unpaired) electrons. The van der Waals surface area contributed by atoms with Crippen LogP contribution in [0.2, 0.25) is 0 Å². The Hall–Kier alpha value is -3.22. The molecule has 0 atom stereocenters. The van der Waals surface area contributed by atoms with E-state index in [2.05, 4.69) is 38.1 Å². The molecule has 0 bridgehead atoms. The van der Waals surface area contributed by atoms with Gasteiger partial charge in [-0.3, -0.25) is 4.79 Å². The third kappa shape index (κ3) is 5.64. The lowest BCUT2D eigenvalue weighted by Gasteiger charge is -2.08. The highest BCUT2D eigenvalue weighted by Gasteiger charge is 2.06. The lowest BCUT2D eigenvalue weighted by Crippen LogP contribution is -2.28. The second-order valence-corrected chi connectivity index (χ2v) is 6.73. The number of rotatable bonds is 9. The van der Waals surface area contributed by atoms with Crippen LogP contribution in [0.1, 0.15) is 29.8 Å². The van der Waals surface area contributed by atoms with E-state index in [4.69, 9.17) is 0 Å². The number of aryl methyl sites for hydroxylation is 3. The normalized spacial score (nSPS) is 10.6. The van der Waals surface area contributed by atoms with Gasteiger partial charge in [0, 0.05) is 25.2 Å². The average molecular weight is 378 g/mol. The summed E-state index contributed by atoms with van der Waals surface area (Å²) < 4.78 is 1.77. The quantitative estimate of drug-likeness (QED) is 0.559. The van der Waals surface area contributed by atoms with Gasteiger partial charge in [-0.25, -0.2) is 4.68 Å². The van der Waals surface area contributed by atoms with Crippen molar-refractivity contribution in [2.75, 3.05) is 18.4 Å². The van der Waals surface area contributed by atoms with Gasteiger partial charge in [-0.2, -0.15) is 5.10 Å². The average Bonchev–Trinajstić information content (AvgIpc) is 3.04. The molecule has 0 saturated carbocycles. The highest BCUT2D eigenvalue weighted by atomic mass is 16.1. The lowest BCUT2D eigenvalue weighted by molar-refractivity contribution is -0.121. The summed E-state index contributed by atoms with van der Waals surface area (Å²) in [5.74, 6) is 1.43. The number of nitrogens with one attached hydrogen (secondary N) is 2. The minimum absolute atomic E-state index is 0.0729. The second-order valence-electron chi connectivity index (χ2n) is 6.73. The molecule has 7 nitrogen and oxygen atoms in total. The molecule has 0 fully saturated rings. The number of anilines is 1. The number of hydrogen-bond acceptors (Lipinski definition) is 5. The number of amides is 1. The van der Waals surface area contributed by atoms with Crippen molar-refractivity contribution in [3.63, 3.8) is 0 Å². The third-order valence-electron chi connectivity index (χ3n) is 4.34. The molecule has 2 N–H and O–H groups in total. The maximum Gasteiger partial charge on any atom is 0.220 e. The van der Waals surface area contributed by atoms with Gasteiger partial charge in [0.15, 0.2) is 5.82 Å². The zero-order valence-corrected chi connectivity index (χ0v) is 16.4. The van der Waals surface area contributed by atoms with Crippen LogP contribution in [0.5, 0.6) is 0 Å². The Balaban J connectivity index is 1.34. The molecule has 1 aromatic carbocycles. The molecule has 0 saturated heterocycles. The molecule has 7 heteroatoms. The monoisotopic (exact) mass is 378 g/mol. The van der Waals surface area contributed by atoms with Crippen molar-refractivity contribution in [1.82, 2.24) is 25.3 Å². The predicted octanol–water partition coefficient (Wildman–Crippen LogP) is 2.83. The molecule has 2 aromatic heterocycles. The Labute approximate surface area is 165 Å². The molecule has 28 heavy (non-hydrogen) atoms. The molecule has 0 spiro atoms. The van der Waals surface area contributed by atoms with Crippen molar-refractivity contribution in [3.8, 4) is 5.82 Å². The molecule has 0 unspecified atom stereocenters. The van der Waals surface area contributed by atoms with Crippen molar-refractivity contribution in [1.29, 1.82) is 0 Å². The molecule has 2 heterocycles. The highest BCUT2D eigenvalue weighted by molar-refractivity contribution is 5.75. The van der Waals surface area contributed by atoms with Crippen molar-refractivity contribution in [3.05, 3.63) is 65.5 Å². The number of nitrogens with zero attached hydrogens (tertiary/aromatic N) is 4. The minimum atomic E-state index is 0.0729. The first-order valence-corrected chi connectivity index (χ1v) is 9.54. The van der Waals surface area contributed by atoms with Gasteiger partial charge in [-0.1, -0.05) is 30.3 Å². The largest absolute Gasteiger partial charge is 0.367 e. The summed E-state index contributed by atoms with van der Waals surface area (Å²) in [6.45, 7) is 5.07. The standard InChI is InChI=1S/C21H26N6O/c1-16-15-17(2)27(26-16)20-12-11-19(24-25-20)22-13-14-23-21(28)10-6-9-18-7-4-3-5-8-18/h3-5,7-8,11-12,15H,6,9-10,13-14H2,1-2H3,(H,22,24)(H,23,28). The fourth-order valence-corrected chi connectivity index (χ4v) is 2.97. The third-order valence-corrected chi connectivity index (χ3v) is 4.34. The summed E-state index contributed by atoms with van der Waals surface area (Å²) in [6, 6.07) is 15.9. The van der Waals surface area contributed by atoms with Crippen LogP contribution in [0.3, 0.4) is 0 Å². The molecule has 1 amide bonds. The van der Waals surface area contributed by atoms with Gasteiger partial charge in [-0.15, -0.1) is 10.2 Å². The van der Waals surface area contributed by atoms with Gasteiger partial charge < -0.3 is 10.6 Å². The van der Waals surface area contributed by atoms with Gasteiger partial charge in [-0.05, 0) is 50.5 Å². The zero-order chi connectivity index (χ0) is 19.8. The summed E-state index contributed by atoms with van der Waals surface area (Å²) in [5, 5.41) is 18.9. The van der Waals surface area contributed by atoms with Crippen molar-refractivity contribution < 1.29 is 4.79 Å². The van der Waals surface area contributed by atoms with E-state index in [0.29, 0.717) is 31.1 Å². The van der Waals surface area contributed by atoms with Gasteiger partial charge in [0.2, 0.25) is 5.91 Å². The number of carbonyl (C=O) groups is 1. The Morgan fingerprint density at radius 1 is 1.04 bits per heavy atom. The second kappa shape index (κ2) is 9.64. The fourth-order valence-electron chi connectivity index (χ4n) is 2.97. The van der Waals surface area contributed by atoms with E-state index < -0.39 is 0 Å². The summed E-state index contributed by atoms with van der Waals surface area (Å²) in [5.41, 5.74) is 3.22. The molecule has 146 valence electrons. The molecule has 3 rings (SSSR count). The van der Waals surface area contributed by atoms with E-state index in [-0.39, 0.29) is 5.91 Å². The van der Waals surface area contributed by atoms with Crippen LogP contribution in [-0.2, 0) is 11.2 Å². The summed E-state index contributed by atoms with van der Waals surface area (Å²) >= 11 is 0. The summed E-state index contributed by atoms with van der Waals surface area (Å²) in [6.07, 6.45) is 2.30. The van der Waals surface area contributed by atoms with Gasteiger partial charge in [0.1, 0.15) is 5.82 Å². The van der Waals surface area contributed by atoms with E-state index >= 15 is 0 Å². The molecule has 0 aliphatic heterocycles. The van der Waals surface area contributed by atoms with Gasteiger partial charge >= 0.3 is 0 Å². The lowest BCUT2D eigenvalue weighted by atomic mass is 10.1. The Morgan fingerprint density at radius 2 is 1.86 bits per heavy atom. The van der Waals surface area contributed by atoms with Crippen molar-refractivity contribution >= 4 is 11.7 Å². The van der Waals surface area contributed by atoms with Crippen molar-refractivity contribution in [2.45, 2.75) is 33.1 Å². The van der Waals surface area contributed by atoms with Gasteiger partial charge in [0.05, 0.1) is 5.69 Å². The SMILES string of the molecule is Cc1cc(C)n(-c2ccc(NCCNC(=O)CCCc3ccccc3)nn2)n1. The van der Waals surface area contributed by atoms with Crippen LogP contribution < -0.4 is 10.6 Å². The van der Waals surface area contributed by atoms with E-state index in [9.17, 15) is 4.79 Å². The zero-order valence-electron chi connectivity index (χ0n) is 16.4. The van der Waals surface area contributed by atoms with Crippen LogP contribution in [0, 0.1) is 13.8 Å². The summed E-state index contributed by atoms with van der Waals surface area (Å²) in [7, 11) is 0. The van der Waals surface area contributed by atoms with Crippen LogP contribution in [0.15, 0.2) is 48.5 Å². The van der Waals surface area contributed by atoms with Crippen LogP contribution >= 0.6 is 0 Å². The number of hydrogen-bond donors (Lipinski definition) is 2. The number of carbonyl (C=O) groups excluding carboxylic acids is 1. The van der Waals surface area contributed by atoms with E-state index in [0.717, 1.165) is 24.2 Å². The maximum atomic E-state index is 11.9. The van der Waals surface area contributed by atoms with Crippen LogP contribution in [0.25, 0.3) is 5.82 Å². The smallest absolute Gasteiger partial charge is 0.220 e. The minimum Gasteiger partial charge on any atom is -0.367 e. The fraction of sp³-hybridized carbons (Fsp3) is 0.333. The van der Waals surface area contributed by atoms with E-state index in [1.54, 1.807) is 4.68 Å². The summed E-state index contributed by atoms with van der Waals surface area (Å²) in [4.78, 5) is 11.9. The first-order valence-electron chi connectivity index (χ1n) is 9.54. The Morgan fingerprint density at radius 3 is 2.54 bits per heavy atom. The predicted molar refractivity (Wildman–Crippen MR) is 110 cm³/mol. The number of aromatic nitrogens is 4. The highest BCUT2D eigenvalue weighted by Crippen LogP contribution is 2.10. The van der Waals surface area contributed by atoms with E-state index in [1.807, 2.05) is 50.2 Å². The maximum absolute atomic E-state index is 11.9. The Bertz CT molecular complexity index is 889. The van der Waals surface area contributed by atoms with Crippen LogP contribution in [0.4, 0.5) is 5.82 Å². The van der Waals surface area contributed by atoms with Crippen LogP contribution in [-0.4, -0.2) is 39.0 Å². The van der Waals surface area contributed by atoms with Gasteiger partial charge in [0.25, 0.3) is 0 Å². The van der Waals surface area contributed by atoms with E-state index in [1.165, 1.54) is 5.56 Å². The molecular weight excluding hydrogens is 352 g/mol. The molecular formula is C21H26N6O. The molecule has 3 aromatic rings. The topological polar surface area (TPSA) is 84.7 Å². The Kier molecular flexibility index (Phi) is 6.73. The molecule has 0 aliphatic carbocycles. The first-order chi connectivity index (χ1) is 13.6. The van der Waals surface area contributed by atoms with Crippen molar-refractivity contribution in [2.24, 2.45) is 0 Å². The molecule has 0 aliphatic rings. The first kappa shape index (κ1) is 19.5. The number of benzene rings is 1.